The minimum atomic E-state index is -0.444. The van der Waals surface area contributed by atoms with Gasteiger partial charge < -0.3 is 10.1 Å². The van der Waals surface area contributed by atoms with Crippen molar-refractivity contribution in [1.82, 2.24) is 10.2 Å². The second-order valence-electron chi connectivity index (χ2n) is 6.10. The zero-order valence-electron chi connectivity index (χ0n) is 12.5. The van der Waals surface area contributed by atoms with Crippen molar-refractivity contribution in [2.75, 3.05) is 39.3 Å². The Bertz CT molecular complexity index is 523. The monoisotopic (exact) mass is 346 g/mol. The first-order valence-electron chi connectivity index (χ1n) is 7.82. The van der Waals surface area contributed by atoms with E-state index in [1.54, 1.807) is 0 Å². The van der Waals surface area contributed by atoms with Crippen LogP contribution in [0.4, 0.5) is 4.39 Å². The lowest BCUT2D eigenvalue weighted by Crippen LogP contribution is -2.43. The molecule has 2 heterocycles. The SMILES string of the molecule is Fc1cc(C2CN(CC3CCNCC3)CCO2)c(Cl)cc1Cl. The van der Waals surface area contributed by atoms with Crippen LogP contribution in [0.1, 0.15) is 24.5 Å². The van der Waals surface area contributed by atoms with Crippen LogP contribution in [0.2, 0.25) is 10.0 Å². The molecule has 0 aromatic heterocycles. The largest absolute Gasteiger partial charge is 0.371 e. The normalized spacial score (nSPS) is 24.6. The van der Waals surface area contributed by atoms with Gasteiger partial charge in [-0.25, -0.2) is 4.39 Å². The van der Waals surface area contributed by atoms with Gasteiger partial charge in [0, 0.05) is 30.2 Å². The van der Waals surface area contributed by atoms with E-state index >= 15 is 0 Å². The van der Waals surface area contributed by atoms with E-state index in [0.717, 1.165) is 38.6 Å². The molecule has 3 rings (SSSR count). The maximum Gasteiger partial charge on any atom is 0.142 e. The van der Waals surface area contributed by atoms with E-state index in [9.17, 15) is 4.39 Å². The third kappa shape index (κ3) is 3.92. The summed E-state index contributed by atoms with van der Waals surface area (Å²) < 4.78 is 19.5. The number of nitrogens with zero attached hydrogens (tertiary/aromatic N) is 1. The number of hydrogen-bond donors (Lipinski definition) is 1. The number of hydrogen-bond acceptors (Lipinski definition) is 3. The predicted octanol–water partition coefficient (Wildman–Crippen LogP) is 3.51. The molecule has 122 valence electrons. The summed E-state index contributed by atoms with van der Waals surface area (Å²) in [6, 6.07) is 2.87. The first-order chi connectivity index (χ1) is 10.6. The highest BCUT2D eigenvalue weighted by atomic mass is 35.5. The van der Waals surface area contributed by atoms with Gasteiger partial charge in [-0.3, -0.25) is 4.90 Å². The van der Waals surface area contributed by atoms with E-state index in [1.807, 2.05) is 0 Å². The summed E-state index contributed by atoms with van der Waals surface area (Å²) in [7, 11) is 0. The average molecular weight is 347 g/mol. The number of morpholine rings is 1. The zero-order chi connectivity index (χ0) is 15.5. The van der Waals surface area contributed by atoms with Crippen LogP contribution in [0.15, 0.2) is 12.1 Å². The smallest absolute Gasteiger partial charge is 0.142 e. The van der Waals surface area contributed by atoms with E-state index in [-0.39, 0.29) is 11.1 Å². The van der Waals surface area contributed by atoms with Gasteiger partial charge in [0.2, 0.25) is 0 Å². The van der Waals surface area contributed by atoms with Crippen molar-refractivity contribution in [2.45, 2.75) is 18.9 Å². The molecule has 0 saturated carbocycles. The Morgan fingerprint density at radius 3 is 2.77 bits per heavy atom. The topological polar surface area (TPSA) is 24.5 Å². The van der Waals surface area contributed by atoms with E-state index in [2.05, 4.69) is 10.2 Å². The van der Waals surface area contributed by atoms with Gasteiger partial charge in [0.15, 0.2) is 0 Å². The number of benzene rings is 1. The van der Waals surface area contributed by atoms with Gasteiger partial charge in [-0.05, 0) is 44.0 Å². The van der Waals surface area contributed by atoms with Crippen molar-refractivity contribution in [3.8, 4) is 0 Å². The molecular weight excluding hydrogens is 326 g/mol. The molecule has 2 aliphatic rings. The molecular formula is C16H21Cl2FN2O. The van der Waals surface area contributed by atoms with Gasteiger partial charge in [0.25, 0.3) is 0 Å². The quantitative estimate of drug-likeness (QED) is 0.847. The summed E-state index contributed by atoms with van der Waals surface area (Å²) in [5.74, 6) is 0.289. The lowest BCUT2D eigenvalue weighted by atomic mass is 9.97. The second-order valence-corrected chi connectivity index (χ2v) is 6.91. The Morgan fingerprint density at radius 1 is 1.23 bits per heavy atom. The molecule has 0 aliphatic carbocycles. The molecule has 22 heavy (non-hydrogen) atoms. The zero-order valence-corrected chi connectivity index (χ0v) is 14.0. The van der Waals surface area contributed by atoms with Crippen LogP contribution in [0.25, 0.3) is 0 Å². The highest BCUT2D eigenvalue weighted by Gasteiger charge is 2.26. The van der Waals surface area contributed by atoms with Gasteiger partial charge in [0.05, 0.1) is 17.7 Å². The van der Waals surface area contributed by atoms with Crippen LogP contribution in [-0.4, -0.2) is 44.2 Å². The van der Waals surface area contributed by atoms with Crippen LogP contribution < -0.4 is 5.32 Å². The fourth-order valence-electron chi connectivity index (χ4n) is 3.27. The van der Waals surface area contributed by atoms with E-state index in [4.69, 9.17) is 27.9 Å². The molecule has 0 amide bonds. The Morgan fingerprint density at radius 2 is 2.00 bits per heavy atom. The average Bonchev–Trinajstić information content (AvgIpc) is 2.52. The lowest BCUT2D eigenvalue weighted by molar-refractivity contribution is -0.0357. The van der Waals surface area contributed by atoms with Crippen LogP contribution in [0, 0.1) is 11.7 Å². The summed E-state index contributed by atoms with van der Waals surface area (Å²) in [6.07, 6.45) is 2.26. The molecule has 2 aliphatic heterocycles. The molecule has 1 atom stereocenters. The number of nitrogens with one attached hydrogen (secondary N) is 1. The van der Waals surface area contributed by atoms with Gasteiger partial charge in [-0.2, -0.15) is 0 Å². The molecule has 0 spiro atoms. The molecule has 6 heteroatoms. The van der Waals surface area contributed by atoms with E-state index in [1.165, 1.54) is 25.0 Å². The molecule has 1 aromatic rings. The molecule has 1 aromatic carbocycles. The van der Waals surface area contributed by atoms with Crippen molar-refractivity contribution in [1.29, 1.82) is 0 Å². The summed E-state index contributed by atoms with van der Waals surface area (Å²) in [4.78, 5) is 2.41. The molecule has 0 radical (unpaired) electrons. The van der Waals surface area contributed by atoms with Crippen molar-refractivity contribution in [2.24, 2.45) is 5.92 Å². The fraction of sp³-hybridized carbons (Fsp3) is 0.625. The van der Waals surface area contributed by atoms with E-state index < -0.39 is 5.82 Å². The van der Waals surface area contributed by atoms with Crippen molar-refractivity contribution in [3.05, 3.63) is 33.6 Å². The highest BCUT2D eigenvalue weighted by molar-refractivity contribution is 6.35. The molecule has 2 saturated heterocycles. The molecule has 3 nitrogen and oxygen atoms in total. The molecule has 1 unspecified atom stereocenters. The number of ether oxygens (including phenoxy) is 1. The number of piperidine rings is 1. The molecule has 2 fully saturated rings. The van der Waals surface area contributed by atoms with Gasteiger partial charge in [0.1, 0.15) is 5.82 Å². The first kappa shape index (κ1) is 16.5. The Balaban J connectivity index is 1.66. The first-order valence-corrected chi connectivity index (χ1v) is 8.58. The second kappa shape index (κ2) is 7.45. The van der Waals surface area contributed by atoms with Gasteiger partial charge >= 0.3 is 0 Å². The van der Waals surface area contributed by atoms with Crippen LogP contribution >= 0.6 is 23.2 Å². The summed E-state index contributed by atoms with van der Waals surface area (Å²) in [5, 5.41) is 3.92. The van der Waals surface area contributed by atoms with Crippen molar-refractivity contribution < 1.29 is 9.13 Å². The minimum absolute atomic E-state index is 0.0520. The van der Waals surface area contributed by atoms with Crippen LogP contribution in [0.3, 0.4) is 0 Å². The number of halogens is 3. The number of rotatable bonds is 3. The van der Waals surface area contributed by atoms with Gasteiger partial charge in [-0.1, -0.05) is 23.2 Å². The maximum atomic E-state index is 13.7. The lowest BCUT2D eigenvalue weighted by Gasteiger charge is -2.36. The van der Waals surface area contributed by atoms with Crippen molar-refractivity contribution >= 4 is 23.2 Å². The highest BCUT2D eigenvalue weighted by Crippen LogP contribution is 2.32. The Hall–Kier alpha value is -0.390. The summed E-state index contributed by atoms with van der Waals surface area (Å²) in [6.45, 7) is 5.61. The predicted molar refractivity (Wildman–Crippen MR) is 87.1 cm³/mol. The van der Waals surface area contributed by atoms with Crippen LogP contribution in [-0.2, 0) is 4.74 Å². The fourth-order valence-corrected chi connectivity index (χ4v) is 3.78. The standard InChI is InChI=1S/C16H21Cl2FN2O/c17-13-8-14(18)15(19)7-12(13)16-10-21(5-6-22-16)9-11-1-3-20-4-2-11/h7-8,11,16,20H,1-6,9-10H2. The molecule has 0 bridgehead atoms. The molecule has 1 N–H and O–H groups in total. The summed E-state index contributed by atoms with van der Waals surface area (Å²) in [5.41, 5.74) is 0.693. The minimum Gasteiger partial charge on any atom is -0.371 e. The maximum absolute atomic E-state index is 13.7. The third-order valence-electron chi connectivity index (χ3n) is 4.51. The van der Waals surface area contributed by atoms with Crippen LogP contribution in [0.5, 0.6) is 0 Å². The third-order valence-corrected chi connectivity index (χ3v) is 5.13. The Labute approximate surface area is 140 Å². The van der Waals surface area contributed by atoms with E-state index in [0.29, 0.717) is 17.2 Å². The summed E-state index contributed by atoms with van der Waals surface area (Å²) >= 11 is 12.0. The van der Waals surface area contributed by atoms with Crippen molar-refractivity contribution in [3.63, 3.8) is 0 Å². The van der Waals surface area contributed by atoms with Gasteiger partial charge in [-0.15, -0.1) is 0 Å². The Kier molecular flexibility index (Phi) is 5.58.